The van der Waals surface area contributed by atoms with E-state index in [0.29, 0.717) is 6.04 Å². The SMILES string of the molecule is C[C@H]1[NH2+]CCO[C@H]1c1ccccc1. The molecule has 2 heteroatoms. The van der Waals surface area contributed by atoms with Crippen molar-refractivity contribution in [3.05, 3.63) is 35.9 Å². The Bertz CT molecular complexity index is 260. The molecule has 0 saturated carbocycles. The van der Waals surface area contributed by atoms with Crippen molar-refractivity contribution < 1.29 is 10.1 Å². The molecule has 2 nitrogen and oxygen atoms in total. The third-order valence-electron chi connectivity index (χ3n) is 2.56. The molecular weight excluding hydrogens is 162 g/mol. The Kier molecular flexibility index (Phi) is 2.62. The molecule has 1 heterocycles. The van der Waals surface area contributed by atoms with Gasteiger partial charge in [0.05, 0.1) is 13.2 Å². The van der Waals surface area contributed by atoms with Gasteiger partial charge in [0.2, 0.25) is 0 Å². The van der Waals surface area contributed by atoms with Crippen LogP contribution in [0.2, 0.25) is 0 Å². The molecule has 0 spiro atoms. The highest BCUT2D eigenvalue weighted by Gasteiger charge is 2.25. The zero-order chi connectivity index (χ0) is 9.10. The second-order valence-electron chi connectivity index (χ2n) is 3.59. The number of benzene rings is 1. The van der Waals surface area contributed by atoms with Crippen molar-refractivity contribution in [1.82, 2.24) is 0 Å². The number of morpholine rings is 1. The lowest BCUT2D eigenvalue weighted by Gasteiger charge is -2.27. The van der Waals surface area contributed by atoms with Crippen LogP contribution >= 0.6 is 0 Å². The molecule has 2 rings (SSSR count). The summed E-state index contributed by atoms with van der Waals surface area (Å²) < 4.78 is 5.74. The summed E-state index contributed by atoms with van der Waals surface area (Å²) in [6.07, 6.45) is 0.273. The van der Waals surface area contributed by atoms with Gasteiger partial charge in [0.1, 0.15) is 12.1 Å². The Morgan fingerprint density at radius 1 is 1.31 bits per heavy atom. The van der Waals surface area contributed by atoms with Crippen LogP contribution in [0.5, 0.6) is 0 Å². The third-order valence-corrected chi connectivity index (χ3v) is 2.56. The van der Waals surface area contributed by atoms with Gasteiger partial charge in [0.25, 0.3) is 0 Å². The van der Waals surface area contributed by atoms with Gasteiger partial charge in [0, 0.05) is 0 Å². The molecule has 0 aliphatic carbocycles. The van der Waals surface area contributed by atoms with E-state index in [1.165, 1.54) is 5.56 Å². The molecule has 1 aliphatic heterocycles. The van der Waals surface area contributed by atoms with E-state index in [1.807, 2.05) is 6.07 Å². The standard InChI is InChI=1S/C11H15NO/c1-9-11(13-8-7-12-9)10-5-3-2-4-6-10/h2-6,9,11-12H,7-8H2,1H3/p+1/t9-,11-/m1/s1. The Morgan fingerprint density at radius 3 is 2.77 bits per heavy atom. The van der Waals surface area contributed by atoms with Crippen LogP contribution in [0.4, 0.5) is 0 Å². The molecule has 1 saturated heterocycles. The summed E-state index contributed by atoms with van der Waals surface area (Å²) in [6, 6.07) is 11.0. The van der Waals surface area contributed by atoms with Crippen molar-refractivity contribution in [2.24, 2.45) is 0 Å². The zero-order valence-corrected chi connectivity index (χ0v) is 7.94. The van der Waals surface area contributed by atoms with Crippen LogP contribution in [0.1, 0.15) is 18.6 Å². The molecule has 1 aliphatic rings. The average Bonchev–Trinajstić information content (AvgIpc) is 2.20. The number of hydrogen-bond acceptors (Lipinski definition) is 1. The highest BCUT2D eigenvalue weighted by atomic mass is 16.5. The van der Waals surface area contributed by atoms with E-state index in [9.17, 15) is 0 Å². The van der Waals surface area contributed by atoms with Crippen molar-refractivity contribution >= 4 is 0 Å². The van der Waals surface area contributed by atoms with Crippen LogP contribution in [-0.2, 0) is 4.74 Å². The molecule has 1 fully saturated rings. The fraction of sp³-hybridized carbons (Fsp3) is 0.455. The Hall–Kier alpha value is -0.860. The predicted molar refractivity (Wildman–Crippen MR) is 51.4 cm³/mol. The Morgan fingerprint density at radius 2 is 2.08 bits per heavy atom. The summed E-state index contributed by atoms with van der Waals surface area (Å²) in [5.74, 6) is 0. The maximum atomic E-state index is 5.74. The van der Waals surface area contributed by atoms with Crippen molar-refractivity contribution in [3.8, 4) is 0 Å². The second-order valence-corrected chi connectivity index (χ2v) is 3.59. The number of hydrogen-bond donors (Lipinski definition) is 1. The van der Waals surface area contributed by atoms with E-state index < -0.39 is 0 Å². The predicted octanol–water partition coefficient (Wildman–Crippen LogP) is 0.710. The Balaban J connectivity index is 2.15. The van der Waals surface area contributed by atoms with E-state index >= 15 is 0 Å². The van der Waals surface area contributed by atoms with Gasteiger partial charge in [-0.05, 0) is 12.5 Å². The number of ether oxygens (including phenoxy) is 1. The van der Waals surface area contributed by atoms with Crippen LogP contribution < -0.4 is 5.32 Å². The lowest BCUT2D eigenvalue weighted by atomic mass is 10.0. The molecule has 2 atom stereocenters. The van der Waals surface area contributed by atoms with Crippen LogP contribution in [0.3, 0.4) is 0 Å². The van der Waals surface area contributed by atoms with Crippen molar-refractivity contribution in [2.75, 3.05) is 13.2 Å². The van der Waals surface area contributed by atoms with Crippen LogP contribution in [0.25, 0.3) is 0 Å². The number of quaternary nitrogens is 1. The normalized spacial score (nSPS) is 28.7. The van der Waals surface area contributed by atoms with E-state index in [4.69, 9.17) is 4.74 Å². The molecule has 2 N–H and O–H groups in total. The van der Waals surface area contributed by atoms with Gasteiger partial charge in [-0.15, -0.1) is 0 Å². The lowest BCUT2D eigenvalue weighted by molar-refractivity contribution is -0.710. The molecular formula is C11H16NO+. The van der Waals surface area contributed by atoms with E-state index in [1.54, 1.807) is 0 Å². The molecule has 0 bridgehead atoms. The first-order valence-corrected chi connectivity index (χ1v) is 4.88. The molecule has 0 radical (unpaired) electrons. The Labute approximate surface area is 78.9 Å². The molecule has 0 amide bonds. The fourth-order valence-corrected chi connectivity index (χ4v) is 1.84. The topological polar surface area (TPSA) is 25.8 Å². The summed E-state index contributed by atoms with van der Waals surface area (Å²) in [7, 11) is 0. The first-order valence-electron chi connectivity index (χ1n) is 4.88. The largest absolute Gasteiger partial charge is 0.361 e. The molecule has 70 valence electrons. The summed E-state index contributed by atoms with van der Waals surface area (Å²) >= 11 is 0. The minimum absolute atomic E-state index is 0.273. The van der Waals surface area contributed by atoms with Gasteiger partial charge < -0.3 is 10.1 Å². The molecule has 1 aromatic carbocycles. The third kappa shape index (κ3) is 1.90. The molecule has 13 heavy (non-hydrogen) atoms. The van der Waals surface area contributed by atoms with Gasteiger partial charge in [-0.3, -0.25) is 0 Å². The molecule has 0 aromatic heterocycles. The van der Waals surface area contributed by atoms with Gasteiger partial charge in [0.15, 0.2) is 0 Å². The molecule has 0 unspecified atom stereocenters. The summed E-state index contributed by atoms with van der Waals surface area (Å²) in [6.45, 7) is 4.17. The summed E-state index contributed by atoms with van der Waals surface area (Å²) in [5.41, 5.74) is 1.30. The van der Waals surface area contributed by atoms with Crippen molar-refractivity contribution in [3.63, 3.8) is 0 Å². The van der Waals surface area contributed by atoms with E-state index in [0.717, 1.165) is 13.2 Å². The van der Waals surface area contributed by atoms with E-state index in [-0.39, 0.29) is 6.10 Å². The fourth-order valence-electron chi connectivity index (χ4n) is 1.84. The first-order chi connectivity index (χ1) is 6.38. The lowest BCUT2D eigenvalue weighted by Crippen LogP contribution is -2.93. The monoisotopic (exact) mass is 178 g/mol. The maximum absolute atomic E-state index is 5.74. The van der Waals surface area contributed by atoms with Crippen LogP contribution in [-0.4, -0.2) is 19.2 Å². The van der Waals surface area contributed by atoms with Gasteiger partial charge >= 0.3 is 0 Å². The minimum Gasteiger partial charge on any atom is -0.361 e. The highest BCUT2D eigenvalue weighted by Crippen LogP contribution is 2.20. The smallest absolute Gasteiger partial charge is 0.134 e. The first kappa shape index (κ1) is 8.73. The maximum Gasteiger partial charge on any atom is 0.134 e. The average molecular weight is 178 g/mol. The van der Waals surface area contributed by atoms with Crippen molar-refractivity contribution in [2.45, 2.75) is 19.1 Å². The van der Waals surface area contributed by atoms with Crippen molar-refractivity contribution in [1.29, 1.82) is 0 Å². The highest BCUT2D eigenvalue weighted by molar-refractivity contribution is 5.18. The zero-order valence-electron chi connectivity index (χ0n) is 7.94. The van der Waals surface area contributed by atoms with Gasteiger partial charge in [-0.2, -0.15) is 0 Å². The van der Waals surface area contributed by atoms with Crippen LogP contribution in [0.15, 0.2) is 30.3 Å². The van der Waals surface area contributed by atoms with Crippen LogP contribution in [0, 0.1) is 0 Å². The van der Waals surface area contributed by atoms with Gasteiger partial charge in [-0.1, -0.05) is 30.3 Å². The minimum atomic E-state index is 0.273. The number of nitrogens with two attached hydrogens (primary N) is 1. The summed E-state index contributed by atoms with van der Waals surface area (Å²) in [5, 5.41) is 2.35. The van der Waals surface area contributed by atoms with Gasteiger partial charge in [-0.25, -0.2) is 0 Å². The van der Waals surface area contributed by atoms with E-state index in [2.05, 4.69) is 36.5 Å². The molecule has 1 aromatic rings. The quantitative estimate of drug-likeness (QED) is 0.673. The summed E-state index contributed by atoms with van der Waals surface area (Å²) in [4.78, 5) is 0. The number of rotatable bonds is 1. The second kappa shape index (κ2) is 3.90.